The number of amides is 2. The highest BCUT2D eigenvalue weighted by atomic mass is 35.5. The molecular weight excluding hydrogens is 672 g/mol. The van der Waals surface area contributed by atoms with Gasteiger partial charge in [0, 0.05) is 23.6 Å². The SMILES string of the molecule is O=C(Nc1c(F)ccc(NC(=O)c2cc(N[C@@H]3OC3[C@H]3[C@H](c4ccc(Cl)c(Cl)c4)C3(Cl)Cl)ccc2Cl)c1F)c1ccno1. The third-order valence-electron chi connectivity index (χ3n) is 7.05. The Balaban J connectivity index is 1.13. The number of halogens is 7. The number of anilines is 3. The van der Waals surface area contributed by atoms with Crippen LogP contribution >= 0.6 is 58.0 Å². The molecule has 0 bridgehead atoms. The molecule has 2 heterocycles. The Kier molecular flexibility index (Phi) is 7.95. The van der Waals surface area contributed by atoms with E-state index in [9.17, 15) is 14.0 Å². The zero-order valence-corrected chi connectivity index (χ0v) is 25.1. The molecule has 1 aromatic heterocycles. The Bertz CT molecular complexity index is 1760. The molecule has 15 heteroatoms. The summed E-state index contributed by atoms with van der Waals surface area (Å²) in [5.74, 6) is -4.74. The number of nitrogens with zero attached hydrogens (tertiary/aromatic N) is 1. The van der Waals surface area contributed by atoms with E-state index in [1.54, 1.807) is 18.2 Å². The summed E-state index contributed by atoms with van der Waals surface area (Å²) >= 11 is 31.6. The van der Waals surface area contributed by atoms with E-state index in [1.807, 2.05) is 6.07 Å². The maximum Gasteiger partial charge on any atom is 0.294 e. The number of alkyl halides is 2. The molecule has 2 aliphatic rings. The van der Waals surface area contributed by atoms with Gasteiger partial charge in [0.25, 0.3) is 11.8 Å². The lowest BCUT2D eigenvalue weighted by Crippen LogP contribution is -2.17. The summed E-state index contributed by atoms with van der Waals surface area (Å²) in [5, 5.41) is 11.8. The monoisotopic (exact) mass is 686 g/mol. The number of epoxide rings is 1. The lowest BCUT2D eigenvalue weighted by atomic mass is 10.1. The average Bonchev–Trinajstić information content (AvgIpc) is 3.72. The Labute approximate surface area is 267 Å². The van der Waals surface area contributed by atoms with Gasteiger partial charge in [-0.25, -0.2) is 8.78 Å². The number of benzene rings is 3. The fourth-order valence-corrected chi connectivity index (χ4v) is 6.23. The van der Waals surface area contributed by atoms with Crippen LogP contribution in [0, 0.1) is 17.6 Å². The first-order valence-electron chi connectivity index (χ1n) is 12.5. The second-order valence-electron chi connectivity index (χ2n) is 9.78. The van der Waals surface area contributed by atoms with Gasteiger partial charge in [0.05, 0.1) is 32.5 Å². The van der Waals surface area contributed by atoms with Gasteiger partial charge in [-0.05, 0) is 48.0 Å². The molecule has 2 fully saturated rings. The van der Waals surface area contributed by atoms with Crippen molar-refractivity contribution in [3.8, 4) is 0 Å². The molecule has 0 radical (unpaired) electrons. The molecule has 43 heavy (non-hydrogen) atoms. The zero-order chi connectivity index (χ0) is 30.6. The summed E-state index contributed by atoms with van der Waals surface area (Å²) in [4.78, 5) is 25.3. The van der Waals surface area contributed by atoms with Crippen LogP contribution in [0.2, 0.25) is 15.1 Å². The molecule has 8 nitrogen and oxygen atoms in total. The molecule has 3 N–H and O–H groups in total. The molecular formula is C28H17Cl5F2N4O4. The van der Waals surface area contributed by atoms with Crippen LogP contribution in [0.3, 0.4) is 0 Å². The van der Waals surface area contributed by atoms with E-state index in [-0.39, 0.29) is 34.3 Å². The molecule has 4 atom stereocenters. The van der Waals surface area contributed by atoms with Gasteiger partial charge in [-0.3, -0.25) is 9.59 Å². The van der Waals surface area contributed by atoms with E-state index in [2.05, 4.69) is 21.1 Å². The first-order chi connectivity index (χ1) is 20.5. The molecule has 222 valence electrons. The summed E-state index contributed by atoms with van der Waals surface area (Å²) in [7, 11) is 0. The third-order valence-corrected chi connectivity index (χ3v) is 9.09. The Morgan fingerprint density at radius 2 is 1.65 bits per heavy atom. The van der Waals surface area contributed by atoms with Gasteiger partial charge in [-0.2, -0.15) is 0 Å². The van der Waals surface area contributed by atoms with Crippen molar-refractivity contribution in [1.29, 1.82) is 0 Å². The topological polar surface area (TPSA) is 109 Å². The first-order valence-corrected chi connectivity index (χ1v) is 14.4. The fraction of sp³-hybridized carbons (Fsp3) is 0.179. The van der Waals surface area contributed by atoms with E-state index in [0.29, 0.717) is 15.7 Å². The Morgan fingerprint density at radius 3 is 2.37 bits per heavy atom. The van der Waals surface area contributed by atoms with Crippen LogP contribution < -0.4 is 16.0 Å². The minimum atomic E-state index is -1.22. The smallest absolute Gasteiger partial charge is 0.294 e. The second-order valence-corrected chi connectivity index (χ2v) is 12.4. The fourth-order valence-electron chi connectivity index (χ4n) is 4.82. The molecule has 2 amide bonds. The summed E-state index contributed by atoms with van der Waals surface area (Å²) in [6.45, 7) is 0. The number of rotatable bonds is 8. The predicted octanol–water partition coefficient (Wildman–Crippen LogP) is 8.14. The van der Waals surface area contributed by atoms with Crippen LogP contribution in [0.1, 0.15) is 32.4 Å². The lowest BCUT2D eigenvalue weighted by Gasteiger charge is -2.13. The zero-order valence-electron chi connectivity index (χ0n) is 21.3. The van der Waals surface area contributed by atoms with Crippen LogP contribution in [-0.4, -0.2) is 33.6 Å². The predicted molar refractivity (Wildman–Crippen MR) is 160 cm³/mol. The summed E-state index contributed by atoms with van der Waals surface area (Å²) in [5.41, 5.74) is 0.110. The van der Waals surface area contributed by atoms with Crippen molar-refractivity contribution in [2.75, 3.05) is 16.0 Å². The number of hydrogen-bond donors (Lipinski definition) is 3. The number of carbonyl (C=O) groups excluding carboxylic acids is 2. The van der Waals surface area contributed by atoms with Crippen LogP contribution in [0.15, 0.2) is 65.3 Å². The standard InChI is InChI=1S/C28H17Cl5F2N4O4/c29-14-4-2-12(37-27-24(42-27)21-20(28(21,32)33)11-1-3-15(30)16(31)9-11)10-13(14)25(40)38-18-6-5-17(34)23(22(18)35)39-26(41)19-7-8-36-43-19/h1-10,20-21,24,27,37H,(H,38,40)(H,39,41)/t20-,21+,24?,27+/m0/s1. The maximum absolute atomic E-state index is 15.1. The molecule has 1 aliphatic carbocycles. The summed E-state index contributed by atoms with van der Waals surface area (Å²) < 4.78 is 38.9. The van der Waals surface area contributed by atoms with E-state index in [1.165, 1.54) is 24.4 Å². The molecule has 6 rings (SSSR count). The van der Waals surface area contributed by atoms with Crippen molar-refractivity contribution in [2.45, 2.75) is 22.6 Å². The minimum absolute atomic E-state index is 0.0102. The Morgan fingerprint density at radius 1 is 0.884 bits per heavy atom. The molecule has 0 spiro atoms. The van der Waals surface area contributed by atoms with Crippen molar-refractivity contribution < 1.29 is 27.6 Å². The number of aromatic nitrogens is 1. The van der Waals surface area contributed by atoms with Crippen molar-refractivity contribution in [3.63, 3.8) is 0 Å². The normalized spacial score (nSPS) is 21.7. The van der Waals surface area contributed by atoms with Crippen LogP contribution in [0.5, 0.6) is 0 Å². The van der Waals surface area contributed by atoms with Gasteiger partial charge in [-0.1, -0.05) is 46.0 Å². The van der Waals surface area contributed by atoms with Crippen LogP contribution in [0.25, 0.3) is 0 Å². The number of ether oxygens (including phenoxy) is 1. The van der Waals surface area contributed by atoms with Crippen molar-refractivity contribution in [3.05, 3.63) is 104 Å². The van der Waals surface area contributed by atoms with E-state index < -0.39 is 45.4 Å². The highest BCUT2D eigenvalue weighted by molar-refractivity contribution is 6.52. The highest BCUT2D eigenvalue weighted by Gasteiger charge is 2.72. The Hall–Kier alpha value is -3.12. The van der Waals surface area contributed by atoms with Crippen LogP contribution in [-0.2, 0) is 4.74 Å². The minimum Gasteiger partial charge on any atom is -0.358 e. The summed E-state index contributed by atoms with van der Waals surface area (Å²) in [6, 6.07) is 12.9. The maximum atomic E-state index is 15.1. The largest absolute Gasteiger partial charge is 0.358 e. The van der Waals surface area contributed by atoms with E-state index in [0.717, 1.165) is 17.7 Å². The van der Waals surface area contributed by atoms with Gasteiger partial charge in [0.2, 0.25) is 5.76 Å². The van der Waals surface area contributed by atoms with Crippen molar-refractivity contribution in [1.82, 2.24) is 5.16 Å². The van der Waals surface area contributed by atoms with Gasteiger partial charge in [0.1, 0.15) is 21.9 Å². The van der Waals surface area contributed by atoms with Gasteiger partial charge >= 0.3 is 0 Å². The highest BCUT2D eigenvalue weighted by Crippen LogP contribution is 2.69. The summed E-state index contributed by atoms with van der Waals surface area (Å²) in [6.07, 6.45) is 0.405. The average molecular weight is 689 g/mol. The van der Waals surface area contributed by atoms with Crippen molar-refractivity contribution in [2.24, 2.45) is 5.92 Å². The number of carbonyl (C=O) groups is 2. The van der Waals surface area contributed by atoms with Gasteiger partial charge in [0.15, 0.2) is 12.0 Å². The molecule has 4 aromatic rings. The third kappa shape index (κ3) is 5.87. The second kappa shape index (κ2) is 11.4. The number of nitrogens with one attached hydrogen (secondary N) is 3. The molecule has 1 aliphatic heterocycles. The van der Waals surface area contributed by atoms with Crippen LogP contribution in [0.4, 0.5) is 25.8 Å². The first kappa shape index (κ1) is 29.9. The van der Waals surface area contributed by atoms with E-state index >= 15 is 4.39 Å². The quantitative estimate of drug-likeness (QED) is 0.127. The number of hydrogen-bond acceptors (Lipinski definition) is 6. The van der Waals surface area contributed by atoms with Gasteiger partial charge < -0.3 is 25.2 Å². The molecule has 1 saturated heterocycles. The molecule has 1 saturated carbocycles. The van der Waals surface area contributed by atoms with Gasteiger partial charge in [-0.15, -0.1) is 23.2 Å². The molecule has 3 aromatic carbocycles. The molecule has 1 unspecified atom stereocenters. The van der Waals surface area contributed by atoms with E-state index in [4.69, 9.17) is 67.3 Å². The lowest BCUT2D eigenvalue weighted by molar-refractivity contribution is 0.0985. The van der Waals surface area contributed by atoms with Crippen molar-refractivity contribution >= 4 is 86.9 Å².